The number of nitrogens with zero attached hydrogens (tertiary/aromatic N) is 2. The molecule has 98 valence electrons. The molecule has 1 aliphatic carbocycles. The van der Waals surface area contributed by atoms with Crippen LogP contribution in [0.1, 0.15) is 37.1 Å². The van der Waals surface area contributed by atoms with Crippen molar-refractivity contribution in [1.29, 1.82) is 0 Å². The van der Waals surface area contributed by atoms with Gasteiger partial charge in [0, 0.05) is 10.9 Å². The molecule has 0 spiro atoms. The fraction of sp³-hybridized carbons (Fsp3) is 0.615. The molecule has 1 fully saturated rings. The number of hydrogen-bond acceptors (Lipinski definition) is 4. The highest BCUT2D eigenvalue weighted by Crippen LogP contribution is 2.28. The molecule has 0 aliphatic heterocycles. The van der Waals surface area contributed by atoms with E-state index in [4.69, 9.17) is 0 Å². The van der Waals surface area contributed by atoms with Crippen LogP contribution in [0, 0.1) is 6.92 Å². The molecule has 1 aromatic rings. The first-order chi connectivity index (χ1) is 8.74. The van der Waals surface area contributed by atoms with Crippen LogP contribution in [0.25, 0.3) is 0 Å². The number of amides is 1. The van der Waals surface area contributed by atoms with E-state index >= 15 is 0 Å². The summed E-state index contributed by atoms with van der Waals surface area (Å²) in [7, 11) is 0. The molecule has 0 saturated heterocycles. The second-order valence-corrected chi connectivity index (χ2v) is 5.93. The van der Waals surface area contributed by atoms with Gasteiger partial charge in [-0.3, -0.25) is 4.79 Å². The lowest BCUT2D eigenvalue weighted by atomic mass is 10.3. The van der Waals surface area contributed by atoms with Crippen LogP contribution in [0.15, 0.2) is 12.4 Å². The molecule has 1 aromatic heterocycles. The third-order valence-electron chi connectivity index (χ3n) is 3.08. The molecule has 1 amide bonds. The smallest absolute Gasteiger partial charge is 0.230 e. The molecule has 0 radical (unpaired) electrons. The van der Waals surface area contributed by atoms with Crippen molar-refractivity contribution in [1.82, 2.24) is 15.3 Å². The Labute approximate surface area is 112 Å². The summed E-state index contributed by atoms with van der Waals surface area (Å²) in [5.41, 5.74) is 1.79. The quantitative estimate of drug-likeness (QED) is 0.885. The summed E-state index contributed by atoms with van der Waals surface area (Å²) in [4.78, 5) is 19.8. The van der Waals surface area contributed by atoms with Gasteiger partial charge in [0.05, 0.1) is 18.0 Å². The fourth-order valence-electron chi connectivity index (χ4n) is 2.10. The maximum absolute atomic E-state index is 11.7. The predicted octanol–water partition coefficient (Wildman–Crippen LogP) is 2.08. The van der Waals surface area contributed by atoms with Gasteiger partial charge in [-0.1, -0.05) is 12.8 Å². The van der Waals surface area contributed by atoms with E-state index in [-0.39, 0.29) is 5.91 Å². The highest BCUT2D eigenvalue weighted by molar-refractivity contribution is 8.00. The zero-order valence-corrected chi connectivity index (χ0v) is 11.5. The molecule has 4 nitrogen and oxygen atoms in total. The first-order valence-electron chi connectivity index (χ1n) is 6.40. The fourth-order valence-corrected chi connectivity index (χ4v) is 3.25. The molecule has 18 heavy (non-hydrogen) atoms. The van der Waals surface area contributed by atoms with Crippen LogP contribution in [0.5, 0.6) is 0 Å². The van der Waals surface area contributed by atoms with Gasteiger partial charge in [0.1, 0.15) is 6.33 Å². The lowest BCUT2D eigenvalue weighted by Crippen LogP contribution is -2.25. The maximum Gasteiger partial charge on any atom is 0.230 e. The normalized spacial score (nSPS) is 15.8. The predicted molar refractivity (Wildman–Crippen MR) is 73.3 cm³/mol. The van der Waals surface area contributed by atoms with Gasteiger partial charge < -0.3 is 5.32 Å². The number of rotatable bonds is 5. The lowest BCUT2D eigenvalue weighted by molar-refractivity contribution is -0.118. The molecule has 1 heterocycles. The van der Waals surface area contributed by atoms with Gasteiger partial charge in [0.15, 0.2) is 0 Å². The Balaban J connectivity index is 1.68. The van der Waals surface area contributed by atoms with Gasteiger partial charge in [0.25, 0.3) is 0 Å². The lowest BCUT2D eigenvalue weighted by Gasteiger charge is -2.09. The van der Waals surface area contributed by atoms with Crippen LogP contribution in [0.3, 0.4) is 0 Å². The van der Waals surface area contributed by atoms with E-state index in [2.05, 4.69) is 15.3 Å². The van der Waals surface area contributed by atoms with Gasteiger partial charge >= 0.3 is 0 Å². The Bertz CT molecular complexity index is 405. The van der Waals surface area contributed by atoms with Crippen LogP contribution < -0.4 is 5.32 Å². The zero-order chi connectivity index (χ0) is 12.8. The van der Waals surface area contributed by atoms with Gasteiger partial charge in [0.2, 0.25) is 5.91 Å². The average molecular weight is 265 g/mol. The molecular weight excluding hydrogens is 246 g/mol. The monoisotopic (exact) mass is 265 g/mol. The van der Waals surface area contributed by atoms with Crippen molar-refractivity contribution in [3.05, 3.63) is 23.8 Å². The highest BCUT2D eigenvalue weighted by atomic mass is 32.2. The van der Waals surface area contributed by atoms with Crippen molar-refractivity contribution in [2.24, 2.45) is 0 Å². The third-order valence-corrected chi connectivity index (χ3v) is 4.45. The average Bonchev–Trinajstić information content (AvgIpc) is 2.87. The van der Waals surface area contributed by atoms with E-state index in [1.165, 1.54) is 32.0 Å². The molecule has 5 heteroatoms. The summed E-state index contributed by atoms with van der Waals surface area (Å²) >= 11 is 1.79. The number of aryl methyl sites for hydroxylation is 1. The topological polar surface area (TPSA) is 54.9 Å². The number of carbonyl (C=O) groups is 1. The van der Waals surface area contributed by atoms with Gasteiger partial charge in [-0.25, -0.2) is 9.97 Å². The number of aromatic nitrogens is 2. The van der Waals surface area contributed by atoms with Crippen molar-refractivity contribution >= 4 is 17.7 Å². The third kappa shape index (κ3) is 4.29. The standard InChI is InChI=1S/C13H19N3OS/c1-10-6-11(16-9-15-10)7-14-13(17)8-18-12-4-2-3-5-12/h6,9,12H,2-5,7-8H2,1H3,(H,14,17). The number of carbonyl (C=O) groups excluding carboxylic acids is 1. The molecule has 2 rings (SSSR count). The number of thioether (sulfide) groups is 1. The van der Waals surface area contributed by atoms with Crippen molar-refractivity contribution in [2.75, 3.05) is 5.75 Å². The van der Waals surface area contributed by atoms with Gasteiger partial charge in [-0.05, 0) is 25.8 Å². The van der Waals surface area contributed by atoms with Crippen LogP contribution in [-0.4, -0.2) is 26.9 Å². The number of hydrogen-bond donors (Lipinski definition) is 1. The molecular formula is C13H19N3OS. The Morgan fingerprint density at radius 3 is 2.94 bits per heavy atom. The van der Waals surface area contributed by atoms with Crippen molar-refractivity contribution < 1.29 is 4.79 Å². The van der Waals surface area contributed by atoms with E-state index in [1.807, 2.05) is 13.0 Å². The van der Waals surface area contributed by atoms with Crippen LogP contribution in [0.4, 0.5) is 0 Å². The van der Waals surface area contributed by atoms with Crippen LogP contribution in [-0.2, 0) is 11.3 Å². The second kappa shape index (κ2) is 6.73. The molecule has 0 bridgehead atoms. The second-order valence-electron chi connectivity index (χ2n) is 4.64. The minimum Gasteiger partial charge on any atom is -0.350 e. The van der Waals surface area contributed by atoms with Gasteiger partial charge in [-0.15, -0.1) is 11.8 Å². The molecule has 1 N–H and O–H groups in total. The summed E-state index contributed by atoms with van der Waals surface area (Å²) in [5.74, 6) is 0.664. The van der Waals surface area contributed by atoms with E-state index in [0.29, 0.717) is 17.5 Å². The van der Waals surface area contributed by atoms with E-state index in [0.717, 1.165) is 11.4 Å². The highest BCUT2D eigenvalue weighted by Gasteiger charge is 2.16. The van der Waals surface area contributed by atoms with E-state index in [1.54, 1.807) is 11.8 Å². The summed E-state index contributed by atoms with van der Waals surface area (Å²) in [6, 6.07) is 1.89. The van der Waals surface area contributed by atoms with E-state index in [9.17, 15) is 4.79 Å². The van der Waals surface area contributed by atoms with Gasteiger partial charge in [-0.2, -0.15) is 0 Å². The number of nitrogens with one attached hydrogen (secondary N) is 1. The Morgan fingerprint density at radius 1 is 1.44 bits per heavy atom. The summed E-state index contributed by atoms with van der Waals surface area (Å²) in [6.45, 7) is 2.41. The van der Waals surface area contributed by atoms with E-state index < -0.39 is 0 Å². The molecule has 0 unspecified atom stereocenters. The Kier molecular flexibility index (Phi) is 4.99. The van der Waals surface area contributed by atoms with Crippen LogP contribution >= 0.6 is 11.8 Å². The van der Waals surface area contributed by atoms with Crippen LogP contribution in [0.2, 0.25) is 0 Å². The minimum absolute atomic E-state index is 0.100. The first kappa shape index (κ1) is 13.3. The Morgan fingerprint density at radius 2 is 2.22 bits per heavy atom. The molecule has 1 saturated carbocycles. The largest absolute Gasteiger partial charge is 0.350 e. The maximum atomic E-state index is 11.7. The zero-order valence-electron chi connectivity index (χ0n) is 10.7. The molecule has 1 aliphatic rings. The summed E-state index contributed by atoms with van der Waals surface area (Å²) in [5, 5.41) is 3.59. The first-order valence-corrected chi connectivity index (χ1v) is 7.45. The summed E-state index contributed by atoms with van der Waals surface area (Å²) < 4.78 is 0. The van der Waals surface area contributed by atoms with Crippen molar-refractivity contribution in [2.45, 2.75) is 44.4 Å². The summed E-state index contributed by atoms with van der Waals surface area (Å²) in [6.07, 6.45) is 6.70. The molecule has 0 atom stereocenters. The molecule has 0 aromatic carbocycles. The van der Waals surface area contributed by atoms with Crippen molar-refractivity contribution in [3.63, 3.8) is 0 Å². The SMILES string of the molecule is Cc1cc(CNC(=O)CSC2CCCC2)ncn1. The van der Waals surface area contributed by atoms with Crippen molar-refractivity contribution in [3.8, 4) is 0 Å². The Hall–Kier alpha value is -1.10. The minimum atomic E-state index is 0.100.